The Kier molecular flexibility index (Phi) is 5.81. The second-order valence-corrected chi connectivity index (χ2v) is 8.25. The normalized spacial score (nSPS) is 23.4. The topological polar surface area (TPSA) is 83.0 Å². The fourth-order valence-corrected chi connectivity index (χ4v) is 3.85. The van der Waals surface area contributed by atoms with Gasteiger partial charge in [-0.25, -0.2) is 14.4 Å². The summed E-state index contributed by atoms with van der Waals surface area (Å²) in [6.45, 7) is 3.70. The molecule has 1 amide bonds. The molecule has 31 heavy (non-hydrogen) atoms. The van der Waals surface area contributed by atoms with E-state index in [2.05, 4.69) is 9.97 Å². The number of fused-ring (bicyclic) bond motifs is 1. The van der Waals surface area contributed by atoms with Crippen molar-refractivity contribution in [3.63, 3.8) is 0 Å². The second kappa shape index (κ2) is 8.39. The van der Waals surface area contributed by atoms with E-state index in [1.807, 2.05) is 0 Å². The molecule has 0 spiro atoms. The standard InChI is InChI=1S/C22H26FN3O5/c1-21(2,23)13-29-16-6-5-15(11-17(16)28-3)19(27)26-10-7-22(18(12-26)30-14-31-22)20-24-8-4-9-25-20/h4-6,8-9,11,18H,7,10,12-14H2,1-3H3/t18?,22-/m0/s1. The van der Waals surface area contributed by atoms with E-state index in [1.54, 1.807) is 41.6 Å². The molecule has 0 N–H and O–H groups in total. The van der Waals surface area contributed by atoms with Crippen LogP contribution in [0.3, 0.4) is 0 Å². The number of carbonyl (C=O) groups excluding carboxylic acids is 1. The molecule has 2 aliphatic heterocycles. The summed E-state index contributed by atoms with van der Waals surface area (Å²) in [7, 11) is 1.48. The van der Waals surface area contributed by atoms with Crippen molar-refractivity contribution in [2.24, 2.45) is 0 Å². The van der Waals surface area contributed by atoms with E-state index in [9.17, 15) is 9.18 Å². The Bertz CT molecular complexity index is 936. The monoisotopic (exact) mass is 431 g/mol. The first-order valence-corrected chi connectivity index (χ1v) is 10.1. The van der Waals surface area contributed by atoms with Crippen LogP contribution in [-0.2, 0) is 15.1 Å². The fourth-order valence-electron chi connectivity index (χ4n) is 3.85. The van der Waals surface area contributed by atoms with Gasteiger partial charge in [-0.15, -0.1) is 0 Å². The molecule has 1 unspecified atom stereocenters. The lowest BCUT2D eigenvalue weighted by Crippen LogP contribution is -2.54. The molecule has 0 bridgehead atoms. The van der Waals surface area contributed by atoms with E-state index in [-0.39, 0.29) is 25.4 Å². The Hall–Kier alpha value is -2.78. The van der Waals surface area contributed by atoms with Crippen molar-refractivity contribution in [1.82, 2.24) is 14.9 Å². The van der Waals surface area contributed by atoms with Crippen LogP contribution in [0.4, 0.5) is 4.39 Å². The Morgan fingerprint density at radius 2 is 2.10 bits per heavy atom. The Balaban J connectivity index is 1.49. The maximum Gasteiger partial charge on any atom is 0.254 e. The van der Waals surface area contributed by atoms with E-state index in [4.69, 9.17) is 18.9 Å². The van der Waals surface area contributed by atoms with E-state index >= 15 is 0 Å². The highest BCUT2D eigenvalue weighted by Gasteiger charge is 2.53. The first-order valence-electron chi connectivity index (χ1n) is 10.1. The van der Waals surface area contributed by atoms with Gasteiger partial charge in [0.05, 0.1) is 13.7 Å². The predicted octanol–water partition coefficient (Wildman–Crippen LogP) is 2.73. The zero-order valence-electron chi connectivity index (χ0n) is 17.8. The molecule has 2 atom stereocenters. The van der Waals surface area contributed by atoms with Crippen molar-refractivity contribution in [2.45, 2.75) is 37.6 Å². The summed E-state index contributed by atoms with van der Waals surface area (Å²) < 4.78 is 36.3. The van der Waals surface area contributed by atoms with E-state index < -0.39 is 11.3 Å². The van der Waals surface area contributed by atoms with Crippen molar-refractivity contribution in [3.05, 3.63) is 48.0 Å². The van der Waals surface area contributed by atoms with Crippen LogP contribution in [0, 0.1) is 0 Å². The molecule has 2 aliphatic rings. The quantitative estimate of drug-likeness (QED) is 0.695. The number of carbonyl (C=O) groups is 1. The average Bonchev–Trinajstić information content (AvgIpc) is 3.21. The number of likely N-dealkylation sites (tertiary alicyclic amines) is 1. The van der Waals surface area contributed by atoms with Crippen LogP contribution in [-0.4, -0.2) is 66.1 Å². The fraction of sp³-hybridized carbons (Fsp3) is 0.500. The first-order chi connectivity index (χ1) is 14.8. The second-order valence-electron chi connectivity index (χ2n) is 8.25. The molecule has 2 saturated heterocycles. The molecule has 166 valence electrons. The van der Waals surface area contributed by atoms with Crippen LogP contribution in [0.1, 0.15) is 36.5 Å². The number of hydrogen-bond acceptors (Lipinski definition) is 7. The zero-order chi connectivity index (χ0) is 22.1. The summed E-state index contributed by atoms with van der Waals surface area (Å²) in [6.07, 6.45) is 3.52. The minimum Gasteiger partial charge on any atom is -0.493 e. The molecule has 2 fully saturated rings. The molecular weight excluding hydrogens is 405 g/mol. The number of rotatable bonds is 6. The van der Waals surface area contributed by atoms with Gasteiger partial charge in [0.2, 0.25) is 0 Å². The van der Waals surface area contributed by atoms with Gasteiger partial charge in [0, 0.05) is 30.9 Å². The lowest BCUT2D eigenvalue weighted by Gasteiger charge is -2.40. The molecule has 0 radical (unpaired) electrons. The number of alkyl halides is 1. The van der Waals surface area contributed by atoms with E-state index in [0.29, 0.717) is 42.4 Å². The van der Waals surface area contributed by atoms with Gasteiger partial charge >= 0.3 is 0 Å². The number of halogens is 1. The summed E-state index contributed by atoms with van der Waals surface area (Å²) in [5, 5.41) is 0. The highest BCUT2D eigenvalue weighted by molar-refractivity contribution is 5.95. The van der Waals surface area contributed by atoms with Crippen molar-refractivity contribution >= 4 is 5.91 Å². The number of methoxy groups -OCH3 is 1. The third-order valence-corrected chi connectivity index (χ3v) is 5.46. The van der Waals surface area contributed by atoms with Crippen LogP contribution in [0.2, 0.25) is 0 Å². The summed E-state index contributed by atoms with van der Waals surface area (Å²) >= 11 is 0. The highest BCUT2D eigenvalue weighted by atomic mass is 19.1. The Morgan fingerprint density at radius 3 is 2.81 bits per heavy atom. The van der Waals surface area contributed by atoms with Gasteiger partial charge in [-0.3, -0.25) is 4.79 Å². The van der Waals surface area contributed by atoms with Gasteiger partial charge in [0.15, 0.2) is 22.9 Å². The minimum atomic E-state index is -1.48. The number of ether oxygens (including phenoxy) is 4. The summed E-state index contributed by atoms with van der Waals surface area (Å²) in [5.74, 6) is 1.17. The molecule has 1 aromatic carbocycles. The molecule has 9 heteroatoms. The van der Waals surface area contributed by atoms with Crippen molar-refractivity contribution in [1.29, 1.82) is 0 Å². The minimum absolute atomic E-state index is 0.120. The van der Waals surface area contributed by atoms with Crippen molar-refractivity contribution in [2.75, 3.05) is 33.6 Å². The molecule has 8 nitrogen and oxygen atoms in total. The maximum atomic E-state index is 13.8. The number of amides is 1. The number of piperidine rings is 1. The predicted molar refractivity (Wildman–Crippen MR) is 109 cm³/mol. The Labute approximate surface area is 180 Å². The largest absolute Gasteiger partial charge is 0.493 e. The zero-order valence-corrected chi connectivity index (χ0v) is 17.8. The molecule has 0 aliphatic carbocycles. The van der Waals surface area contributed by atoms with Crippen LogP contribution in [0.5, 0.6) is 11.5 Å². The van der Waals surface area contributed by atoms with Crippen LogP contribution in [0.25, 0.3) is 0 Å². The van der Waals surface area contributed by atoms with Gasteiger partial charge in [-0.1, -0.05) is 0 Å². The Morgan fingerprint density at radius 1 is 1.32 bits per heavy atom. The average molecular weight is 431 g/mol. The smallest absolute Gasteiger partial charge is 0.254 e. The van der Waals surface area contributed by atoms with Gasteiger partial charge in [0.1, 0.15) is 25.2 Å². The van der Waals surface area contributed by atoms with Crippen LogP contribution >= 0.6 is 0 Å². The number of aromatic nitrogens is 2. The van der Waals surface area contributed by atoms with Gasteiger partial charge < -0.3 is 23.8 Å². The lowest BCUT2D eigenvalue weighted by atomic mass is 9.87. The van der Waals surface area contributed by atoms with Crippen LogP contribution in [0.15, 0.2) is 36.7 Å². The lowest BCUT2D eigenvalue weighted by molar-refractivity contribution is -0.0503. The SMILES string of the molecule is COc1cc(C(=O)N2CC[C@]3(c4ncccn4)OCOC3C2)ccc1OCC(C)(C)F. The van der Waals surface area contributed by atoms with Gasteiger partial charge in [-0.05, 0) is 38.1 Å². The molecular formula is C22H26FN3O5. The third-order valence-electron chi connectivity index (χ3n) is 5.46. The maximum absolute atomic E-state index is 13.8. The molecule has 0 saturated carbocycles. The van der Waals surface area contributed by atoms with Crippen molar-refractivity contribution < 1.29 is 28.1 Å². The van der Waals surface area contributed by atoms with E-state index in [1.165, 1.54) is 21.0 Å². The number of hydrogen-bond donors (Lipinski definition) is 0. The van der Waals surface area contributed by atoms with E-state index in [0.717, 1.165) is 0 Å². The molecule has 4 rings (SSSR count). The van der Waals surface area contributed by atoms with Gasteiger partial charge in [-0.2, -0.15) is 0 Å². The number of benzene rings is 1. The third kappa shape index (κ3) is 4.33. The van der Waals surface area contributed by atoms with Gasteiger partial charge in [0.25, 0.3) is 5.91 Å². The van der Waals surface area contributed by atoms with Crippen molar-refractivity contribution in [3.8, 4) is 11.5 Å². The molecule has 1 aromatic heterocycles. The summed E-state index contributed by atoms with van der Waals surface area (Å²) in [6, 6.07) is 6.63. The number of nitrogens with zero attached hydrogens (tertiary/aromatic N) is 3. The summed E-state index contributed by atoms with van der Waals surface area (Å²) in [5.41, 5.74) is -1.77. The first kappa shape index (κ1) is 21.5. The summed E-state index contributed by atoms with van der Waals surface area (Å²) in [4.78, 5) is 23.6. The highest BCUT2D eigenvalue weighted by Crippen LogP contribution is 2.41. The molecule has 2 aromatic rings. The molecule has 3 heterocycles. The van der Waals surface area contributed by atoms with Crippen LogP contribution < -0.4 is 9.47 Å².